The Hall–Kier alpha value is -1.56. The number of nitrogens with one attached hydrogen (secondary N) is 1. The number of amides is 1. The molecule has 19 heavy (non-hydrogen) atoms. The number of hydrogen-bond donors (Lipinski definition) is 3. The summed E-state index contributed by atoms with van der Waals surface area (Å²) in [6, 6.07) is 5.25. The normalized spacial score (nSPS) is 11.9. The molecule has 1 atom stereocenters. The zero-order valence-corrected chi connectivity index (χ0v) is 12.2. The standard InChI is InChI=1S/C13H17BrN2O3/c1-8(2-5-12(17)18)7-16-11-4-3-9(14)6-10(11)13(15)19/h3-4,6,8,16H,2,5,7H2,1H3,(H2,15,19)(H,17,18). The van der Waals surface area contributed by atoms with E-state index in [4.69, 9.17) is 10.8 Å². The highest BCUT2D eigenvalue weighted by Crippen LogP contribution is 2.21. The number of carbonyl (C=O) groups excluding carboxylic acids is 1. The van der Waals surface area contributed by atoms with Crippen LogP contribution in [0.3, 0.4) is 0 Å². The van der Waals surface area contributed by atoms with Crippen molar-refractivity contribution >= 4 is 33.5 Å². The number of nitrogens with two attached hydrogens (primary N) is 1. The molecule has 1 amide bonds. The molecule has 0 aliphatic carbocycles. The molecule has 0 fully saturated rings. The van der Waals surface area contributed by atoms with E-state index in [-0.39, 0.29) is 12.3 Å². The number of anilines is 1. The van der Waals surface area contributed by atoms with E-state index in [1.54, 1.807) is 12.1 Å². The molecule has 1 rings (SSSR count). The maximum absolute atomic E-state index is 11.3. The first kappa shape index (κ1) is 15.5. The Morgan fingerprint density at radius 1 is 1.47 bits per heavy atom. The van der Waals surface area contributed by atoms with Crippen LogP contribution >= 0.6 is 15.9 Å². The highest BCUT2D eigenvalue weighted by Gasteiger charge is 2.10. The Balaban J connectivity index is 2.62. The Labute approximate surface area is 120 Å². The minimum atomic E-state index is -0.798. The molecule has 0 spiro atoms. The Bertz CT molecular complexity index is 477. The van der Waals surface area contributed by atoms with Gasteiger partial charge in [-0.2, -0.15) is 0 Å². The molecule has 1 aromatic rings. The van der Waals surface area contributed by atoms with Gasteiger partial charge in [-0.3, -0.25) is 9.59 Å². The summed E-state index contributed by atoms with van der Waals surface area (Å²) in [5, 5.41) is 11.7. The summed E-state index contributed by atoms with van der Waals surface area (Å²) in [7, 11) is 0. The third-order valence-electron chi connectivity index (χ3n) is 2.74. The van der Waals surface area contributed by atoms with Crippen LogP contribution in [0.4, 0.5) is 5.69 Å². The van der Waals surface area contributed by atoms with E-state index in [1.165, 1.54) is 0 Å². The van der Waals surface area contributed by atoms with E-state index in [0.29, 0.717) is 24.2 Å². The molecule has 0 saturated carbocycles. The van der Waals surface area contributed by atoms with Crippen LogP contribution in [0.2, 0.25) is 0 Å². The molecular weight excluding hydrogens is 312 g/mol. The van der Waals surface area contributed by atoms with Crippen molar-refractivity contribution in [2.45, 2.75) is 19.8 Å². The van der Waals surface area contributed by atoms with Crippen LogP contribution in [0.15, 0.2) is 22.7 Å². The molecule has 1 unspecified atom stereocenters. The molecule has 0 saturated heterocycles. The van der Waals surface area contributed by atoms with Crippen molar-refractivity contribution in [2.24, 2.45) is 11.7 Å². The Morgan fingerprint density at radius 3 is 2.74 bits per heavy atom. The summed E-state index contributed by atoms with van der Waals surface area (Å²) in [6.07, 6.45) is 0.733. The number of aliphatic carboxylic acids is 1. The van der Waals surface area contributed by atoms with Crippen LogP contribution in [-0.4, -0.2) is 23.5 Å². The minimum absolute atomic E-state index is 0.145. The van der Waals surface area contributed by atoms with Crippen molar-refractivity contribution in [1.29, 1.82) is 0 Å². The van der Waals surface area contributed by atoms with Gasteiger partial charge < -0.3 is 16.2 Å². The molecule has 0 aromatic heterocycles. The summed E-state index contributed by atoms with van der Waals surface area (Å²) in [5.41, 5.74) is 6.39. The number of halogens is 1. The third-order valence-corrected chi connectivity index (χ3v) is 3.23. The maximum atomic E-state index is 11.3. The lowest BCUT2D eigenvalue weighted by atomic mass is 10.1. The Morgan fingerprint density at radius 2 is 2.16 bits per heavy atom. The molecule has 1 aromatic carbocycles. The van der Waals surface area contributed by atoms with Gasteiger partial charge in [0.05, 0.1) is 5.56 Å². The second-order valence-electron chi connectivity index (χ2n) is 4.47. The highest BCUT2D eigenvalue weighted by atomic mass is 79.9. The molecule has 0 aliphatic rings. The van der Waals surface area contributed by atoms with Crippen molar-refractivity contribution in [3.63, 3.8) is 0 Å². The van der Waals surface area contributed by atoms with Crippen LogP contribution in [0, 0.1) is 5.92 Å². The first-order valence-electron chi connectivity index (χ1n) is 5.95. The lowest BCUT2D eigenvalue weighted by Crippen LogP contribution is -2.18. The second-order valence-corrected chi connectivity index (χ2v) is 5.39. The molecule has 104 valence electrons. The maximum Gasteiger partial charge on any atom is 0.303 e. The topological polar surface area (TPSA) is 92.4 Å². The number of hydrogen-bond acceptors (Lipinski definition) is 3. The predicted octanol–water partition coefficient (Wildman–Crippen LogP) is 2.46. The fraction of sp³-hybridized carbons (Fsp3) is 0.385. The average molecular weight is 329 g/mol. The number of benzene rings is 1. The number of rotatable bonds is 7. The molecule has 0 aliphatic heterocycles. The van der Waals surface area contributed by atoms with E-state index in [1.807, 2.05) is 13.0 Å². The summed E-state index contributed by atoms with van der Waals surface area (Å²) in [6.45, 7) is 2.55. The zero-order chi connectivity index (χ0) is 14.4. The molecule has 0 radical (unpaired) electrons. The summed E-state index contributed by atoms with van der Waals surface area (Å²) in [4.78, 5) is 21.8. The summed E-state index contributed by atoms with van der Waals surface area (Å²) >= 11 is 3.28. The average Bonchev–Trinajstić information content (AvgIpc) is 2.34. The molecular formula is C13H17BrN2O3. The largest absolute Gasteiger partial charge is 0.481 e. The first-order chi connectivity index (χ1) is 8.90. The summed E-state index contributed by atoms with van der Waals surface area (Å²) < 4.78 is 0.783. The van der Waals surface area contributed by atoms with E-state index in [0.717, 1.165) is 4.47 Å². The van der Waals surface area contributed by atoms with Gasteiger partial charge in [-0.1, -0.05) is 22.9 Å². The molecule has 4 N–H and O–H groups in total. The van der Waals surface area contributed by atoms with Crippen LogP contribution < -0.4 is 11.1 Å². The number of carboxylic acids is 1. The quantitative estimate of drug-likeness (QED) is 0.716. The van der Waals surface area contributed by atoms with Gasteiger partial charge in [-0.05, 0) is 30.5 Å². The zero-order valence-electron chi connectivity index (χ0n) is 10.6. The lowest BCUT2D eigenvalue weighted by Gasteiger charge is -2.14. The van der Waals surface area contributed by atoms with Crippen LogP contribution in [0.5, 0.6) is 0 Å². The minimum Gasteiger partial charge on any atom is -0.481 e. The van der Waals surface area contributed by atoms with Gasteiger partial charge >= 0.3 is 5.97 Å². The van der Waals surface area contributed by atoms with Crippen molar-refractivity contribution in [2.75, 3.05) is 11.9 Å². The smallest absolute Gasteiger partial charge is 0.303 e. The van der Waals surface area contributed by atoms with Gasteiger partial charge in [0.15, 0.2) is 0 Å². The molecule has 0 bridgehead atoms. The fourth-order valence-electron chi connectivity index (χ4n) is 1.63. The van der Waals surface area contributed by atoms with E-state index in [2.05, 4.69) is 21.2 Å². The number of carbonyl (C=O) groups is 2. The summed E-state index contributed by atoms with van der Waals surface area (Å²) in [5.74, 6) is -1.10. The van der Waals surface area contributed by atoms with E-state index in [9.17, 15) is 9.59 Å². The SMILES string of the molecule is CC(CCC(=O)O)CNc1ccc(Br)cc1C(N)=O. The lowest BCUT2D eigenvalue weighted by molar-refractivity contribution is -0.137. The van der Waals surface area contributed by atoms with Gasteiger partial charge in [-0.25, -0.2) is 0 Å². The van der Waals surface area contributed by atoms with Crippen molar-refractivity contribution in [3.8, 4) is 0 Å². The van der Waals surface area contributed by atoms with E-state index < -0.39 is 11.9 Å². The van der Waals surface area contributed by atoms with E-state index >= 15 is 0 Å². The van der Waals surface area contributed by atoms with Gasteiger partial charge in [0.25, 0.3) is 5.91 Å². The van der Waals surface area contributed by atoms with Crippen LogP contribution in [-0.2, 0) is 4.79 Å². The predicted molar refractivity (Wildman–Crippen MR) is 77.2 cm³/mol. The van der Waals surface area contributed by atoms with Crippen LogP contribution in [0.1, 0.15) is 30.1 Å². The number of carboxylic acid groups (broad SMARTS) is 1. The first-order valence-corrected chi connectivity index (χ1v) is 6.74. The van der Waals surface area contributed by atoms with Gasteiger partial charge in [0.2, 0.25) is 0 Å². The molecule has 6 heteroatoms. The molecule has 0 heterocycles. The van der Waals surface area contributed by atoms with Gasteiger partial charge in [0.1, 0.15) is 0 Å². The monoisotopic (exact) mass is 328 g/mol. The fourth-order valence-corrected chi connectivity index (χ4v) is 1.99. The van der Waals surface area contributed by atoms with Crippen molar-refractivity contribution in [3.05, 3.63) is 28.2 Å². The van der Waals surface area contributed by atoms with Crippen molar-refractivity contribution in [1.82, 2.24) is 0 Å². The highest BCUT2D eigenvalue weighted by molar-refractivity contribution is 9.10. The molecule has 5 nitrogen and oxygen atoms in total. The van der Waals surface area contributed by atoms with Crippen molar-refractivity contribution < 1.29 is 14.7 Å². The third kappa shape index (κ3) is 5.30. The second kappa shape index (κ2) is 7.13. The van der Waals surface area contributed by atoms with Gasteiger partial charge in [-0.15, -0.1) is 0 Å². The Kier molecular flexibility index (Phi) is 5.82. The number of primary amides is 1. The van der Waals surface area contributed by atoms with Crippen LogP contribution in [0.25, 0.3) is 0 Å². The van der Waals surface area contributed by atoms with Gasteiger partial charge in [0, 0.05) is 23.1 Å².